The van der Waals surface area contributed by atoms with Crippen molar-refractivity contribution in [1.82, 2.24) is 0 Å². The number of amides is 1. The van der Waals surface area contributed by atoms with E-state index in [9.17, 15) is 9.18 Å². The lowest BCUT2D eigenvalue weighted by atomic mass is 10.1. The molecule has 0 spiro atoms. The second kappa shape index (κ2) is 6.50. The van der Waals surface area contributed by atoms with Crippen molar-refractivity contribution < 1.29 is 14.3 Å². The molecule has 0 atom stereocenters. The average molecular weight is 294 g/mol. The van der Waals surface area contributed by atoms with Crippen LogP contribution in [0.3, 0.4) is 0 Å². The van der Waals surface area contributed by atoms with Crippen molar-refractivity contribution in [3.63, 3.8) is 0 Å². The van der Waals surface area contributed by atoms with E-state index in [2.05, 4.69) is 5.32 Å². The Balaban J connectivity index is 2.05. The van der Waals surface area contributed by atoms with E-state index in [1.165, 1.54) is 12.1 Å². The molecule has 0 heterocycles. The summed E-state index contributed by atoms with van der Waals surface area (Å²) in [6, 6.07) is 11.1. The van der Waals surface area contributed by atoms with Crippen LogP contribution < -0.4 is 5.32 Å². The summed E-state index contributed by atoms with van der Waals surface area (Å²) in [6.45, 7) is -0.0565. The molecular weight excluding hydrogens is 281 g/mol. The number of carbonyl (C=O) groups excluding carboxylic acids is 1. The molecule has 5 heteroatoms. The number of halogens is 2. The molecule has 2 N–H and O–H groups in total. The van der Waals surface area contributed by atoms with Crippen molar-refractivity contribution in [3.05, 3.63) is 64.4 Å². The van der Waals surface area contributed by atoms with Gasteiger partial charge in [-0.1, -0.05) is 29.8 Å². The van der Waals surface area contributed by atoms with Crippen LogP contribution >= 0.6 is 11.6 Å². The minimum Gasteiger partial charge on any atom is -0.392 e. The van der Waals surface area contributed by atoms with Gasteiger partial charge in [0.25, 0.3) is 0 Å². The van der Waals surface area contributed by atoms with Gasteiger partial charge in [0.15, 0.2) is 0 Å². The van der Waals surface area contributed by atoms with E-state index in [0.29, 0.717) is 5.69 Å². The number of nitrogens with one attached hydrogen (secondary N) is 1. The van der Waals surface area contributed by atoms with Gasteiger partial charge in [-0.15, -0.1) is 0 Å². The lowest BCUT2D eigenvalue weighted by Crippen LogP contribution is -2.15. The van der Waals surface area contributed by atoms with Gasteiger partial charge >= 0.3 is 0 Å². The predicted octanol–water partition coefficient (Wildman–Crippen LogP) is 3.15. The highest BCUT2D eigenvalue weighted by Gasteiger charge is 2.11. The van der Waals surface area contributed by atoms with Crippen LogP contribution in [-0.2, 0) is 17.8 Å². The van der Waals surface area contributed by atoms with Gasteiger partial charge in [-0.3, -0.25) is 4.79 Å². The number of aliphatic hydroxyl groups excluding tert-OH is 1. The third-order valence-corrected chi connectivity index (χ3v) is 3.17. The number of aliphatic hydroxyl groups is 1. The van der Waals surface area contributed by atoms with Gasteiger partial charge in [0, 0.05) is 16.3 Å². The molecule has 2 aromatic carbocycles. The maximum Gasteiger partial charge on any atom is 0.228 e. The minimum absolute atomic E-state index is 0.0565. The van der Waals surface area contributed by atoms with E-state index in [1.54, 1.807) is 30.3 Å². The standard InChI is InChI=1S/C15H13ClFNO2/c16-13-2-1-3-14(17)12(13)8-15(20)18-11-6-4-10(9-19)5-7-11/h1-7,19H,8-9H2,(H,18,20). The number of hydrogen-bond acceptors (Lipinski definition) is 2. The number of anilines is 1. The Labute approximate surface area is 121 Å². The largest absolute Gasteiger partial charge is 0.392 e. The lowest BCUT2D eigenvalue weighted by Gasteiger charge is -2.08. The van der Waals surface area contributed by atoms with E-state index in [-0.39, 0.29) is 29.5 Å². The van der Waals surface area contributed by atoms with Gasteiger partial charge in [0.05, 0.1) is 13.0 Å². The van der Waals surface area contributed by atoms with E-state index >= 15 is 0 Å². The normalized spacial score (nSPS) is 10.3. The predicted molar refractivity (Wildman–Crippen MR) is 76.1 cm³/mol. The fourth-order valence-corrected chi connectivity index (χ4v) is 1.99. The summed E-state index contributed by atoms with van der Waals surface area (Å²) in [5, 5.41) is 11.8. The topological polar surface area (TPSA) is 49.3 Å². The van der Waals surface area contributed by atoms with E-state index in [0.717, 1.165) is 5.56 Å². The Bertz CT molecular complexity index is 594. The van der Waals surface area contributed by atoms with Gasteiger partial charge in [-0.2, -0.15) is 0 Å². The zero-order chi connectivity index (χ0) is 14.5. The number of carbonyl (C=O) groups is 1. The van der Waals surface area contributed by atoms with Crippen LogP contribution in [0.15, 0.2) is 42.5 Å². The molecule has 0 aliphatic carbocycles. The smallest absolute Gasteiger partial charge is 0.228 e. The molecule has 0 saturated carbocycles. The Kier molecular flexibility index (Phi) is 4.71. The van der Waals surface area contributed by atoms with Crippen LogP contribution in [0.25, 0.3) is 0 Å². The molecule has 2 rings (SSSR count). The lowest BCUT2D eigenvalue weighted by molar-refractivity contribution is -0.115. The summed E-state index contributed by atoms with van der Waals surface area (Å²) in [5.41, 5.74) is 1.51. The third kappa shape index (κ3) is 3.56. The summed E-state index contributed by atoms with van der Waals surface area (Å²) in [7, 11) is 0. The monoisotopic (exact) mass is 293 g/mol. The second-order valence-electron chi connectivity index (χ2n) is 4.28. The van der Waals surface area contributed by atoms with Gasteiger partial charge in [-0.25, -0.2) is 4.39 Å². The van der Waals surface area contributed by atoms with Crippen molar-refractivity contribution in [3.8, 4) is 0 Å². The first kappa shape index (κ1) is 14.5. The SMILES string of the molecule is O=C(Cc1c(F)cccc1Cl)Nc1ccc(CO)cc1. The quantitative estimate of drug-likeness (QED) is 0.910. The van der Waals surface area contributed by atoms with Crippen molar-refractivity contribution >= 4 is 23.2 Å². The molecule has 2 aromatic rings. The Morgan fingerprint density at radius 1 is 1.20 bits per heavy atom. The van der Waals surface area contributed by atoms with Gasteiger partial charge in [0.1, 0.15) is 5.82 Å². The molecule has 0 radical (unpaired) electrons. The van der Waals surface area contributed by atoms with Crippen molar-refractivity contribution in [2.75, 3.05) is 5.32 Å². The third-order valence-electron chi connectivity index (χ3n) is 2.82. The highest BCUT2D eigenvalue weighted by molar-refractivity contribution is 6.31. The van der Waals surface area contributed by atoms with Crippen LogP contribution in [0.4, 0.5) is 10.1 Å². The molecule has 0 saturated heterocycles. The zero-order valence-corrected chi connectivity index (χ0v) is 11.3. The molecule has 0 aliphatic heterocycles. The first-order chi connectivity index (χ1) is 9.60. The molecular formula is C15H13ClFNO2. The fraction of sp³-hybridized carbons (Fsp3) is 0.133. The Morgan fingerprint density at radius 2 is 1.90 bits per heavy atom. The Morgan fingerprint density at radius 3 is 2.50 bits per heavy atom. The second-order valence-corrected chi connectivity index (χ2v) is 4.69. The summed E-state index contributed by atoms with van der Waals surface area (Å²) < 4.78 is 13.6. The van der Waals surface area contributed by atoms with E-state index < -0.39 is 5.82 Å². The van der Waals surface area contributed by atoms with Crippen molar-refractivity contribution in [1.29, 1.82) is 0 Å². The molecule has 104 valence electrons. The van der Waals surface area contributed by atoms with E-state index in [1.807, 2.05) is 0 Å². The Hall–Kier alpha value is -1.91. The summed E-state index contributed by atoms with van der Waals surface area (Å²) in [4.78, 5) is 11.9. The molecule has 20 heavy (non-hydrogen) atoms. The molecule has 1 amide bonds. The molecule has 3 nitrogen and oxygen atoms in total. The molecule has 0 bridgehead atoms. The van der Waals surface area contributed by atoms with Crippen LogP contribution in [-0.4, -0.2) is 11.0 Å². The number of benzene rings is 2. The highest BCUT2D eigenvalue weighted by atomic mass is 35.5. The number of rotatable bonds is 4. The van der Waals surface area contributed by atoms with Gasteiger partial charge in [-0.05, 0) is 29.8 Å². The molecule has 0 aromatic heterocycles. The minimum atomic E-state index is -0.497. The van der Waals surface area contributed by atoms with Gasteiger partial charge in [0.2, 0.25) is 5.91 Å². The van der Waals surface area contributed by atoms with Crippen LogP contribution in [0.1, 0.15) is 11.1 Å². The zero-order valence-electron chi connectivity index (χ0n) is 10.6. The summed E-state index contributed by atoms with van der Waals surface area (Å²) in [5.74, 6) is -0.850. The fourth-order valence-electron chi connectivity index (χ4n) is 1.76. The van der Waals surface area contributed by atoms with Crippen molar-refractivity contribution in [2.24, 2.45) is 0 Å². The van der Waals surface area contributed by atoms with Crippen LogP contribution in [0.5, 0.6) is 0 Å². The molecule has 0 fully saturated rings. The highest BCUT2D eigenvalue weighted by Crippen LogP contribution is 2.20. The maximum absolute atomic E-state index is 13.6. The molecule has 0 unspecified atom stereocenters. The van der Waals surface area contributed by atoms with E-state index in [4.69, 9.17) is 16.7 Å². The van der Waals surface area contributed by atoms with Crippen LogP contribution in [0.2, 0.25) is 5.02 Å². The van der Waals surface area contributed by atoms with Gasteiger partial charge < -0.3 is 10.4 Å². The maximum atomic E-state index is 13.6. The number of hydrogen-bond donors (Lipinski definition) is 2. The van der Waals surface area contributed by atoms with Crippen LogP contribution in [0, 0.1) is 5.82 Å². The summed E-state index contributed by atoms with van der Waals surface area (Å²) >= 11 is 5.87. The molecule has 0 aliphatic rings. The van der Waals surface area contributed by atoms with Crippen molar-refractivity contribution in [2.45, 2.75) is 13.0 Å². The summed E-state index contributed by atoms with van der Waals surface area (Å²) in [6.07, 6.45) is -0.132. The average Bonchev–Trinajstić information content (AvgIpc) is 2.44. The first-order valence-corrected chi connectivity index (χ1v) is 6.40. The first-order valence-electron chi connectivity index (χ1n) is 6.02.